The van der Waals surface area contributed by atoms with Gasteiger partial charge in [-0.2, -0.15) is 0 Å². The van der Waals surface area contributed by atoms with Crippen LogP contribution in [0.25, 0.3) is 9.78 Å². The van der Waals surface area contributed by atoms with E-state index in [4.69, 9.17) is 0 Å². The third-order valence-corrected chi connectivity index (χ3v) is 3.95. The summed E-state index contributed by atoms with van der Waals surface area (Å²) in [6, 6.07) is 6.31. The van der Waals surface area contributed by atoms with Crippen molar-refractivity contribution in [2.24, 2.45) is 0 Å². The van der Waals surface area contributed by atoms with Gasteiger partial charge in [0.15, 0.2) is 0 Å². The van der Waals surface area contributed by atoms with Crippen LogP contribution in [0, 0.1) is 6.92 Å². The van der Waals surface area contributed by atoms with Gasteiger partial charge in [-0.3, -0.25) is 0 Å². The van der Waals surface area contributed by atoms with Crippen molar-refractivity contribution in [3.8, 4) is 0 Å². The monoisotopic (exact) mass is 275 g/mol. The summed E-state index contributed by atoms with van der Waals surface area (Å²) < 4.78 is 3.79. The Bertz CT molecular complexity index is 394. The number of rotatable bonds is 0. The third kappa shape index (κ3) is 1.41. The first kappa shape index (κ1) is 7.53. The molecule has 1 nitrogen and oxygen atoms in total. The minimum absolute atomic E-state index is 0.482. The maximum atomic E-state index is 4.43. The van der Waals surface area contributed by atoms with Crippen molar-refractivity contribution < 1.29 is 0 Å². The Morgan fingerprint density at radius 1 is 1.45 bits per heavy atom. The fourth-order valence-corrected chi connectivity index (χ4v) is 3.06. The minimum atomic E-state index is 0.482. The molecule has 0 aliphatic heterocycles. The van der Waals surface area contributed by atoms with Crippen molar-refractivity contribution in [1.29, 1.82) is 0 Å². The van der Waals surface area contributed by atoms with Crippen molar-refractivity contribution in [2.45, 2.75) is 6.92 Å². The normalized spacial score (nSPS) is 10.7. The molecular formula is C8H6BrNSe. The van der Waals surface area contributed by atoms with Crippen LogP contribution < -0.4 is 0 Å². The quantitative estimate of drug-likeness (QED) is 0.672. The molecule has 0 aliphatic rings. The maximum absolute atomic E-state index is 4.43. The summed E-state index contributed by atoms with van der Waals surface area (Å²) in [6.07, 6.45) is 0. The first-order valence-corrected chi connectivity index (χ1v) is 5.79. The molecule has 0 saturated heterocycles. The van der Waals surface area contributed by atoms with Crippen LogP contribution in [-0.2, 0) is 0 Å². The number of halogens is 1. The van der Waals surface area contributed by atoms with Crippen LogP contribution in [0.5, 0.6) is 0 Å². The van der Waals surface area contributed by atoms with Crippen molar-refractivity contribution in [1.82, 2.24) is 4.98 Å². The van der Waals surface area contributed by atoms with Crippen molar-refractivity contribution in [3.63, 3.8) is 0 Å². The van der Waals surface area contributed by atoms with Crippen LogP contribution in [0.2, 0.25) is 0 Å². The van der Waals surface area contributed by atoms with E-state index >= 15 is 0 Å². The molecule has 3 heteroatoms. The summed E-state index contributed by atoms with van der Waals surface area (Å²) in [5.41, 5.74) is 1.15. The average molecular weight is 275 g/mol. The molecule has 1 aromatic carbocycles. The second-order valence-corrected chi connectivity index (χ2v) is 5.85. The molecule has 1 aromatic heterocycles. The van der Waals surface area contributed by atoms with Crippen LogP contribution >= 0.6 is 15.9 Å². The number of hydrogen-bond donors (Lipinski definition) is 0. The molecule has 0 saturated carbocycles. The molecule has 0 radical (unpaired) electrons. The molecule has 1 heterocycles. The van der Waals surface area contributed by atoms with E-state index in [2.05, 4.69) is 46.0 Å². The molecule has 11 heavy (non-hydrogen) atoms. The van der Waals surface area contributed by atoms with Crippen LogP contribution in [0.4, 0.5) is 0 Å². The van der Waals surface area contributed by atoms with Gasteiger partial charge in [-0.15, -0.1) is 0 Å². The van der Waals surface area contributed by atoms with Crippen LogP contribution in [0.15, 0.2) is 22.7 Å². The van der Waals surface area contributed by atoms with E-state index in [0.717, 1.165) is 9.99 Å². The van der Waals surface area contributed by atoms with Gasteiger partial charge in [-0.05, 0) is 0 Å². The van der Waals surface area contributed by atoms with E-state index in [-0.39, 0.29) is 0 Å². The number of benzene rings is 1. The topological polar surface area (TPSA) is 12.9 Å². The molecule has 56 valence electrons. The van der Waals surface area contributed by atoms with Gasteiger partial charge < -0.3 is 0 Å². The van der Waals surface area contributed by atoms with Crippen LogP contribution in [0.1, 0.15) is 4.57 Å². The van der Waals surface area contributed by atoms with Gasteiger partial charge in [0.2, 0.25) is 0 Å². The zero-order valence-corrected chi connectivity index (χ0v) is 9.26. The summed E-state index contributed by atoms with van der Waals surface area (Å²) in [5.74, 6) is 0. The molecule has 2 aromatic rings. The Labute approximate surface area is 79.3 Å². The number of aryl methyl sites for hydroxylation is 1. The first-order chi connectivity index (χ1) is 5.25. The Kier molecular flexibility index (Phi) is 1.88. The molecule has 0 fully saturated rings. The van der Waals surface area contributed by atoms with Crippen LogP contribution in [-0.4, -0.2) is 19.5 Å². The number of aromatic nitrogens is 1. The molecule has 0 N–H and O–H groups in total. The van der Waals surface area contributed by atoms with Crippen molar-refractivity contribution in [2.75, 3.05) is 0 Å². The third-order valence-electron chi connectivity index (χ3n) is 1.46. The Morgan fingerprint density at radius 2 is 2.27 bits per heavy atom. The first-order valence-electron chi connectivity index (χ1n) is 3.28. The Hall–Kier alpha value is -0.111. The molecule has 2 rings (SSSR count). The zero-order valence-electron chi connectivity index (χ0n) is 5.97. The summed E-state index contributed by atoms with van der Waals surface area (Å²) in [4.78, 5) is 4.43. The van der Waals surface area contributed by atoms with Gasteiger partial charge in [-0.25, -0.2) is 0 Å². The average Bonchev–Trinajstić information content (AvgIpc) is 2.27. The van der Waals surface area contributed by atoms with Gasteiger partial charge in [-0.1, -0.05) is 0 Å². The molecule has 0 unspecified atom stereocenters. The zero-order chi connectivity index (χ0) is 7.84. The second kappa shape index (κ2) is 2.74. The van der Waals surface area contributed by atoms with E-state index in [1.54, 1.807) is 0 Å². The molecule has 0 aliphatic carbocycles. The molecule has 0 atom stereocenters. The number of nitrogens with zero attached hydrogens (tertiary/aromatic N) is 1. The molecule has 0 amide bonds. The molecule has 0 spiro atoms. The van der Waals surface area contributed by atoms with Crippen LogP contribution in [0.3, 0.4) is 0 Å². The standard InChI is InChI=1S/C8H6BrNSe/c1-5-10-7-4-6(9)2-3-8(7)11-5/h2-4H,1H3. The van der Waals surface area contributed by atoms with E-state index in [1.165, 1.54) is 8.83 Å². The predicted molar refractivity (Wildman–Crippen MR) is 51.1 cm³/mol. The van der Waals surface area contributed by atoms with E-state index < -0.39 is 0 Å². The van der Waals surface area contributed by atoms with E-state index in [1.807, 2.05) is 0 Å². The molecular weight excluding hydrogens is 269 g/mol. The van der Waals surface area contributed by atoms with Gasteiger partial charge in [0.1, 0.15) is 0 Å². The Balaban J connectivity index is 2.82. The Morgan fingerprint density at radius 3 is 3.09 bits per heavy atom. The van der Waals surface area contributed by atoms with Crippen molar-refractivity contribution in [3.05, 3.63) is 27.2 Å². The van der Waals surface area contributed by atoms with E-state index in [0.29, 0.717) is 14.5 Å². The number of fused-ring (bicyclic) bond motifs is 1. The predicted octanol–water partition coefficient (Wildman–Crippen LogP) is 2.36. The second-order valence-electron chi connectivity index (χ2n) is 2.34. The van der Waals surface area contributed by atoms with Gasteiger partial charge in [0.05, 0.1) is 0 Å². The van der Waals surface area contributed by atoms with Gasteiger partial charge in [0, 0.05) is 0 Å². The van der Waals surface area contributed by atoms with Crippen molar-refractivity contribution >= 4 is 40.2 Å². The summed E-state index contributed by atoms with van der Waals surface area (Å²) in [7, 11) is 0. The number of hydrogen-bond acceptors (Lipinski definition) is 1. The molecule has 0 bridgehead atoms. The summed E-state index contributed by atoms with van der Waals surface area (Å²) in [6.45, 7) is 2.09. The fraction of sp³-hybridized carbons (Fsp3) is 0.125. The van der Waals surface area contributed by atoms with E-state index in [9.17, 15) is 0 Å². The SMILES string of the molecule is Cc1nc2cc(Br)ccc2[se]1. The summed E-state index contributed by atoms with van der Waals surface area (Å²) in [5, 5.41) is 0. The summed E-state index contributed by atoms with van der Waals surface area (Å²) >= 11 is 3.90. The van der Waals surface area contributed by atoms with Gasteiger partial charge in [0.25, 0.3) is 0 Å². The van der Waals surface area contributed by atoms with Gasteiger partial charge >= 0.3 is 79.4 Å². The fourth-order valence-electron chi connectivity index (χ4n) is 1.02.